The standard InChI is InChI=1S/C17H19NO4S/c1-12-8-9-16(13(2)10-12)23(21,22)18-15(11-17(19)20)14-6-4-3-5-7-14/h3-10,15,18H,11H2,1-2H3,(H,19,20)/p-1/t15-/m1/s1. The number of carbonyl (C=O) groups is 1. The minimum Gasteiger partial charge on any atom is -0.550 e. The number of sulfonamides is 1. The number of aryl methyl sites for hydroxylation is 2. The number of rotatable bonds is 6. The van der Waals surface area contributed by atoms with Crippen LogP contribution in [0, 0.1) is 13.8 Å². The molecule has 0 spiro atoms. The molecule has 0 amide bonds. The van der Waals surface area contributed by atoms with Crippen molar-refractivity contribution in [2.45, 2.75) is 31.2 Å². The summed E-state index contributed by atoms with van der Waals surface area (Å²) in [6.07, 6.45) is -0.436. The van der Waals surface area contributed by atoms with Gasteiger partial charge in [0.05, 0.1) is 10.9 Å². The SMILES string of the molecule is Cc1ccc(S(=O)(=O)N[C@H](CC(=O)[O-])c2ccccc2)c(C)c1. The molecule has 122 valence electrons. The Labute approximate surface area is 136 Å². The second-order valence-corrected chi connectivity index (χ2v) is 7.11. The lowest BCUT2D eigenvalue weighted by Crippen LogP contribution is -2.34. The first-order chi connectivity index (χ1) is 10.8. The smallest absolute Gasteiger partial charge is 0.241 e. The van der Waals surface area contributed by atoms with Gasteiger partial charge in [0.1, 0.15) is 0 Å². The molecule has 0 radical (unpaired) electrons. The molecule has 0 aliphatic carbocycles. The van der Waals surface area contributed by atoms with Crippen LogP contribution in [0.4, 0.5) is 0 Å². The van der Waals surface area contributed by atoms with E-state index in [0.717, 1.165) is 5.56 Å². The predicted molar refractivity (Wildman–Crippen MR) is 85.0 cm³/mol. The van der Waals surface area contributed by atoms with Crippen LogP contribution >= 0.6 is 0 Å². The molecule has 0 heterocycles. The monoisotopic (exact) mass is 332 g/mol. The minimum absolute atomic E-state index is 0.141. The Balaban J connectivity index is 2.36. The normalized spacial score (nSPS) is 12.8. The summed E-state index contributed by atoms with van der Waals surface area (Å²) >= 11 is 0. The third kappa shape index (κ3) is 4.40. The highest BCUT2D eigenvalue weighted by atomic mass is 32.2. The summed E-state index contributed by atoms with van der Waals surface area (Å²) in [5.74, 6) is -1.32. The lowest BCUT2D eigenvalue weighted by Gasteiger charge is -2.20. The first-order valence-electron chi connectivity index (χ1n) is 7.14. The summed E-state index contributed by atoms with van der Waals surface area (Å²) < 4.78 is 27.7. The number of nitrogens with one attached hydrogen (secondary N) is 1. The molecule has 2 aromatic rings. The van der Waals surface area contributed by atoms with Gasteiger partial charge >= 0.3 is 0 Å². The number of carboxylic acids is 1. The van der Waals surface area contributed by atoms with Gasteiger partial charge in [0.15, 0.2) is 0 Å². The summed E-state index contributed by atoms with van der Waals surface area (Å²) in [4.78, 5) is 11.1. The number of hydrogen-bond acceptors (Lipinski definition) is 4. The van der Waals surface area contributed by atoms with Crippen LogP contribution in [0.1, 0.15) is 29.2 Å². The molecule has 2 aromatic carbocycles. The molecule has 0 bridgehead atoms. The fraction of sp³-hybridized carbons (Fsp3) is 0.235. The van der Waals surface area contributed by atoms with E-state index in [0.29, 0.717) is 11.1 Å². The van der Waals surface area contributed by atoms with E-state index in [2.05, 4.69) is 4.72 Å². The number of benzene rings is 2. The topological polar surface area (TPSA) is 86.3 Å². The Morgan fingerprint density at radius 1 is 1.13 bits per heavy atom. The number of carbonyl (C=O) groups excluding carboxylic acids is 1. The minimum atomic E-state index is -3.84. The predicted octanol–water partition coefficient (Wildman–Crippen LogP) is 1.46. The second kappa shape index (κ2) is 6.93. The van der Waals surface area contributed by atoms with Gasteiger partial charge < -0.3 is 9.90 Å². The van der Waals surface area contributed by atoms with Crippen LogP contribution in [0.25, 0.3) is 0 Å². The van der Waals surface area contributed by atoms with Gasteiger partial charge in [-0.25, -0.2) is 13.1 Å². The molecular formula is C17H18NO4S-. The summed E-state index contributed by atoms with van der Waals surface area (Å²) in [6, 6.07) is 12.7. The van der Waals surface area contributed by atoms with Gasteiger partial charge in [0.25, 0.3) is 0 Å². The second-order valence-electron chi connectivity index (χ2n) is 5.43. The average molecular weight is 332 g/mol. The van der Waals surface area contributed by atoms with Gasteiger partial charge in [-0.2, -0.15) is 0 Å². The van der Waals surface area contributed by atoms with Crippen molar-refractivity contribution < 1.29 is 18.3 Å². The zero-order valence-electron chi connectivity index (χ0n) is 12.9. The van der Waals surface area contributed by atoms with Gasteiger partial charge in [0, 0.05) is 12.4 Å². The third-order valence-electron chi connectivity index (χ3n) is 3.49. The summed E-state index contributed by atoms with van der Waals surface area (Å²) in [5, 5.41) is 11.0. The van der Waals surface area contributed by atoms with Crippen LogP contribution < -0.4 is 9.83 Å². The van der Waals surface area contributed by atoms with Crippen molar-refractivity contribution in [1.82, 2.24) is 4.72 Å². The maximum atomic E-state index is 12.6. The molecule has 0 saturated carbocycles. The van der Waals surface area contributed by atoms with Crippen LogP contribution in [0.15, 0.2) is 53.4 Å². The average Bonchev–Trinajstić information content (AvgIpc) is 2.46. The molecule has 6 heteroatoms. The Morgan fingerprint density at radius 2 is 1.78 bits per heavy atom. The summed E-state index contributed by atoms with van der Waals surface area (Å²) in [7, 11) is -3.84. The quantitative estimate of drug-likeness (QED) is 0.868. The lowest BCUT2D eigenvalue weighted by molar-refractivity contribution is -0.306. The highest BCUT2D eigenvalue weighted by Crippen LogP contribution is 2.22. The van der Waals surface area contributed by atoms with Crippen molar-refractivity contribution in [2.75, 3.05) is 0 Å². The van der Waals surface area contributed by atoms with Crippen molar-refractivity contribution in [1.29, 1.82) is 0 Å². The van der Waals surface area contributed by atoms with Crippen molar-refractivity contribution in [3.05, 3.63) is 65.2 Å². The highest BCUT2D eigenvalue weighted by Gasteiger charge is 2.23. The van der Waals surface area contributed by atoms with E-state index in [9.17, 15) is 18.3 Å². The van der Waals surface area contributed by atoms with Crippen LogP contribution in [-0.4, -0.2) is 14.4 Å². The summed E-state index contributed by atoms with van der Waals surface area (Å²) in [5.41, 5.74) is 2.14. The first kappa shape index (κ1) is 17.2. The van der Waals surface area contributed by atoms with Gasteiger partial charge in [-0.15, -0.1) is 0 Å². The molecular weight excluding hydrogens is 314 g/mol. The lowest BCUT2D eigenvalue weighted by atomic mass is 10.1. The van der Waals surface area contributed by atoms with E-state index in [1.807, 2.05) is 6.92 Å². The van der Waals surface area contributed by atoms with Gasteiger partial charge in [-0.05, 0) is 31.0 Å². The molecule has 1 atom stereocenters. The zero-order valence-corrected chi connectivity index (χ0v) is 13.8. The Bertz CT molecular complexity index is 801. The Kier molecular flexibility index (Phi) is 5.18. The van der Waals surface area contributed by atoms with E-state index in [1.165, 1.54) is 6.07 Å². The molecule has 1 N–H and O–H groups in total. The van der Waals surface area contributed by atoms with Crippen LogP contribution in [-0.2, 0) is 14.8 Å². The largest absolute Gasteiger partial charge is 0.550 e. The van der Waals surface area contributed by atoms with Gasteiger partial charge in [0.2, 0.25) is 10.0 Å². The Hall–Kier alpha value is -2.18. The molecule has 0 saturated heterocycles. The molecule has 0 aliphatic rings. The first-order valence-corrected chi connectivity index (χ1v) is 8.62. The maximum Gasteiger partial charge on any atom is 0.241 e. The zero-order chi connectivity index (χ0) is 17.0. The van der Waals surface area contributed by atoms with E-state index >= 15 is 0 Å². The fourth-order valence-electron chi connectivity index (χ4n) is 2.43. The summed E-state index contributed by atoms with van der Waals surface area (Å²) in [6.45, 7) is 3.58. The molecule has 2 rings (SSSR count). The molecule has 23 heavy (non-hydrogen) atoms. The van der Waals surface area contributed by atoms with E-state index in [-0.39, 0.29) is 4.90 Å². The maximum absolute atomic E-state index is 12.6. The molecule has 0 fully saturated rings. The van der Waals surface area contributed by atoms with Crippen molar-refractivity contribution >= 4 is 16.0 Å². The molecule has 0 unspecified atom stereocenters. The van der Waals surface area contributed by atoms with Crippen LogP contribution in [0.5, 0.6) is 0 Å². The molecule has 0 aliphatic heterocycles. The highest BCUT2D eigenvalue weighted by molar-refractivity contribution is 7.89. The Morgan fingerprint density at radius 3 is 2.35 bits per heavy atom. The molecule has 5 nitrogen and oxygen atoms in total. The van der Waals surface area contributed by atoms with Crippen molar-refractivity contribution in [2.24, 2.45) is 0 Å². The van der Waals surface area contributed by atoms with Crippen molar-refractivity contribution in [3.8, 4) is 0 Å². The van der Waals surface area contributed by atoms with E-state index in [4.69, 9.17) is 0 Å². The van der Waals surface area contributed by atoms with Crippen LogP contribution in [0.3, 0.4) is 0 Å². The fourth-order valence-corrected chi connectivity index (χ4v) is 3.88. The number of hydrogen-bond donors (Lipinski definition) is 1. The van der Waals surface area contributed by atoms with Crippen LogP contribution in [0.2, 0.25) is 0 Å². The van der Waals surface area contributed by atoms with E-state index < -0.39 is 28.5 Å². The van der Waals surface area contributed by atoms with Gasteiger partial charge in [-0.1, -0.05) is 48.0 Å². The van der Waals surface area contributed by atoms with Gasteiger partial charge in [-0.3, -0.25) is 0 Å². The third-order valence-corrected chi connectivity index (χ3v) is 5.12. The number of carboxylic acid groups (broad SMARTS) is 1. The van der Waals surface area contributed by atoms with E-state index in [1.54, 1.807) is 49.4 Å². The number of aliphatic carboxylic acids is 1. The van der Waals surface area contributed by atoms with Crippen molar-refractivity contribution in [3.63, 3.8) is 0 Å². The molecule has 0 aromatic heterocycles.